The van der Waals surface area contributed by atoms with E-state index in [2.05, 4.69) is 46.0 Å². The second-order valence-corrected chi connectivity index (χ2v) is 10.6. The number of hydrogen-bond acceptors (Lipinski definition) is 3. The quantitative estimate of drug-likeness (QED) is 0.477. The normalized spacial score (nSPS) is 16.2. The highest BCUT2D eigenvalue weighted by Gasteiger charge is 2.34. The zero-order valence-corrected chi connectivity index (χ0v) is 20.6. The summed E-state index contributed by atoms with van der Waals surface area (Å²) in [6, 6.07) is 21.6. The van der Waals surface area contributed by atoms with E-state index in [1.807, 2.05) is 65.6 Å². The van der Waals surface area contributed by atoms with Gasteiger partial charge >= 0.3 is 0 Å². The van der Waals surface area contributed by atoms with Crippen LogP contribution in [-0.2, 0) is 10.2 Å². The summed E-state index contributed by atoms with van der Waals surface area (Å²) in [5, 5.41) is 2.90. The molecule has 1 atom stereocenters. The Morgan fingerprint density at radius 2 is 1.64 bits per heavy atom. The van der Waals surface area contributed by atoms with Crippen molar-refractivity contribution in [1.29, 1.82) is 0 Å². The molecule has 0 spiro atoms. The lowest BCUT2D eigenvalue weighted by Gasteiger charge is -2.26. The molecule has 4 rings (SSSR count). The molecule has 3 aromatic carbocycles. The Morgan fingerprint density at radius 3 is 2.27 bits per heavy atom. The van der Waals surface area contributed by atoms with Crippen molar-refractivity contribution < 1.29 is 9.59 Å². The Kier molecular flexibility index (Phi) is 6.35. The summed E-state index contributed by atoms with van der Waals surface area (Å²) in [4.78, 5) is 27.3. The summed E-state index contributed by atoms with van der Waals surface area (Å²) >= 11 is 1.63. The molecule has 1 fully saturated rings. The SMILES string of the molecule is Cc1cccc(N2C(=O)CSC2c2ccc(NC(=O)c3ccc(C(C)(C)C)cc3)cc2)c1C. The van der Waals surface area contributed by atoms with Gasteiger partial charge in [0.1, 0.15) is 5.37 Å². The molecule has 0 aromatic heterocycles. The first-order valence-electron chi connectivity index (χ1n) is 11.2. The van der Waals surface area contributed by atoms with Crippen LogP contribution in [0.3, 0.4) is 0 Å². The highest BCUT2D eigenvalue weighted by molar-refractivity contribution is 8.00. The van der Waals surface area contributed by atoms with Crippen LogP contribution >= 0.6 is 11.8 Å². The first-order chi connectivity index (χ1) is 15.6. The maximum Gasteiger partial charge on any atom is 0.255 e. The fraction of sp³-hybridized carbons (Fsp3) is 0.286. The molecule has 170 valence electrons. The first-order valence-corrected chi connectivity index (χ1v) is 12.2. The number of nitrogens with one attached hydrogen (secondary N) is 1. The van der Waals surface area contributed by atoms with Gasteiger partial charge in [-0.15, -0.1) is 11.8 Å². The van der Waals surface area contributed by atoms with Crippen LogP contribution in [0.5, 0.6) is 0 Å². The van der Waals surface area contributed by atoms with E-state index in [0.29, 0.717) is 11.3 Å². The zero-order chi connectivity index (χ0) is 23.8. The van der Waals surface area contributed by atoms with E-state index in [1.54, 1.807) is 11.8 Å². The summed E-state index contributed by atoms with van der Waals surface area (Å²) in [6.45, 7) is 10.6. The van der Waals surface area contributed by atoms with Crippen molar-refractivity contribution in [3.63, 3.8) is 0 Å². The van der Waals surface area contributed by atoms with Crippen molar-refractivity contribution in [3.05, 3.63) is 94.5 Å². The number of hydrogen-bond donors (Lipinski definition) is 1. The van der Waals surface area contributed by atoms with Crippen molar-refractivity contribution in [2.75, 3.05) is 16.0 Å². The molecule has 0 aliphatic carbocycles. The number of carbonyl (C=O) groups is 2. The lowest BCUT2D eigenvalue weighted by atomic mass is 9.87. The van der Waals surface area contributed by atoms with Crippen LogP contribution in [0.15, 0.2) is 66.7 Å². The van der Waals surface area contributed by atoms with Crippen LogP contribution in [-0.4, -0.2) is 17.6 Å². The molecule has 1 heterocycles. The predicted octanol–water partition coefficient (Wildman–Crippen LogP) is 6.63. The van der Waals surface area contributed by atoms with Gasteiger partial charge in [-0.2, -0.15) is 0 Å². The first kappa shape index (κ1) is 23.1. The minimum absolute atomic E-state index is 0.0509. The summed E-state index contributed by atoms with van der Waals surface area (Å²) in [5.41, 5.74) is 6.91. The number of carbonyl (C=O) groups excluding carboxylic acids is 2. The van der Waals surface area contributed by atoms with Gasteiger partial charge in [-0.25, -0.2) is 0 Å². The smallest absolute Gasteiger partial charge is 0.255 e. The molecular weight excluding hydrogens is 428 g/mol. The van der Waals surface area contributed by atoms with Crippen LogP contribution < -0.4 is 10.2 Å². The van der Waals surface area contributed by atoms with Gasteiger partial charge in [-0.1, -0.05) is 57.2 Å². The van der Waals surface area contributed by atoms with E-state index in [-0.39, 0.29) is 22.6 Å². The van der Waals surface area contributed by atoms with Crippen molar-refractivity contribution in [2.45, 2.75) is 45.4 Å². The summed E-state index contributed by atoms with van der Waals surface area (Å²) in [7, 11) is 0. The Labute approximate surface area is 200 Å². The maximum atomic E-state index is 12.7. The lowest BCUT2D eigenvalue weighted by molar-refractivity contribution is -0.115. The van der Waals surface area contributed by atoms with Crippen molar-refractivity contribution >= 4 is 35.0 Å². The third-order valence-corrected chi connectivity index (χ3v) is 7.38. The van der Waals surface area contributed by atoms with E-state index in [9.17, 15) is 9.59 Å². The molecule has 1 N–H and O–H groups in total. The van der Waals surface area contributed by atoms with Crippen LogP contribution in [0.2, 0.25) is 0 Å². The average molecular weight is 459 g/mol. The van der Waals surface area contributed by atoms with E-state index < -0.39 is 0 Å². The highest BCUT2D eigenvalue weighted by atomic mass is 32.2. The number of amides is 2. The molecule has 1 saturated heterocycles. The van der Waals surface area contributed by atoms with Gasteiger partial charge in [-0.05, 0) is 71.8 Å². The number of nitrogens with zero attached hydrogens (tertiary/aromatic N) is 1. The van der Waals surface area contributed by atoms with Gasteiger partial charge in [0.25, 0.3) is 5.91 Å². The number of thioether (sulfide) groups is 1. The minimum atomic E-state index is -0.134. The highest BCUT2D eigenvalue weighted by Crippen LogP contribution is 2.43. The molecule has 0 radical (unpaired) electrons. The van der Waals surface area contributed by atoms with E-state index in [0.717, 1.165) is 22.5 Å². The lowest BCUT2D eigenvalue weighted by Crippen LogP contribution is -2.28. The van der Waals surface area contributed by atoms with Crippen LogP contribution in [0.4, 0.5) is 11.4 Å². The van der Waals surface area contributed by atoms with Gasteiger partial charge in [0.2, 0.25) is 5.91 Å². The fourth-order valence-electron chi connectivity index (χ4n) is 3.98. The van der Waals surface area contributed by atoms with Crippen LogP contribution in [0.25, 0.3) is 0 Å². The monoisotopic (exact) mass is 458 g/mol. The Balaban J connectivity index is 1.50. The minimum Gasteiger partial charge on any atom is -0.322 e. The molecule has 33 heavy (non-hydrogen) atoms. The Morgan fingerprint density at radius 1 is 0.970 bits per heavy atom. The number of aryl methyl sites for hydroxylation is 1. The van der Waals surface area contributed by atoms with E-state index in [1.165, 1.54) is 11.1 Å². The molecule has 1 aliphatic heterocycles. The largest absolute Gasteiger partial charge is 0.322 e. The number of benzene rings is 3. The topological polar surface area (TPSA) is 49.4 Å². The van der Waals surface area contributed by atoms with Crippen LogP contribution in [0, 0.1) is 13.8 Å². The molecule has 0 saturated carbocycles. The van der Waals surface area contributed by atoms with Gasteiger partial charge in [0.05, 0.1) is 5.75 Å². The maximum absolute atomic E-state index is 12.7. The second kappa shape index (κ2) is 9.06. The third-order valence-electron chi connectivity index (χ3n) is 6.17. The molecule has 1 unspecified atom stereocenters. The third kappa shape index (κ3) is 4.83. The average Bonchev–Trinajstić information content (AvgIpc) is 3.17. The number of anilines is 2. The summed E-state index contributed by atoms with van der Waals surface area (Å²) in [6.07, 6.45) is 0. The Bertz CT molecular complexity index is 1180. The van der Waals surface area contributed by atoms with E-state index >= 15 is 0 Å². The van der Waals surface area contributed by atoms with Gasteiger partial charge in [0.15, 0.2) is 0 Å². The summed E-state index contributed by atoms with van der Waals surface area (Å²) < 4.78 is 0. The zero-order valence-electron chi connectivity index (χ0n) is 19.8. The standard InChI is InChI=1S/C28H30N2O2S/c1-18-7-6-8-24(19(18)2)30-25(31)17-33-27(30)21-11-15-23(16-12-21)29-26(32)20-9-13-22(14-10-20)28(3,4)5/h6-16,27H,17H2,1-5H3,(H,29,32). The molecule has 2 amide bonds. The fourth-order valence-corrected chi connectivity index (χ4v) is 5.15. The Hall–Kier alpha value is -3.05. The molecule has 4 nitrogen and oxygen atoms in total. The van der Waals surface area contributed by atoms with Crippen molar-refractivity contribution in [1.82, 2.24) is 0 Å². The van der Waals surface area contributed by atoms with Gasteiger partial charge in [0, 0.05) is 16.9 Å². The van der Waals surface area contributed by atoms with Gasteiger partial charge in [-0.3, -0.25) is 14.5 Å². The molecule has 3 aromatic rings. The van der Waals surface area contributed by atoms with Crippen molar-refractivity contribution in [3.8, 4) is 0 Å². The summed E-state index contributed by atoms with van der Waals surface area (Å²) in [5.74, 6) is 0.446. The number of rotatable bonds is 4. The molecular formula is C28H30N2O2S. The van der Waals surface area contributed by atoms with Gasteiger partial charge < -0.3 is 5.32 Å². The van der Waals surface area contributed by atoms with Crippen molar-refractivity contribution in [2.24, 2.45) is 0 Å². The second-order valence-electron chi connectivity index (χ2n) is 9.55. The van der Waals surface area contributed by atoms with E-state index in [4.69, 9.17) is 0 Å². The molecule has 0 bridgehead atoms. The van der Waals surface area contributed by atoms with Crippen LogP contribution in [0.1, 0.15) is 58.8 Å². The molecule has 5 heteroatoms. The molecule has 1 aliphatic rings. The predicted molar refractivity (Wildman–Crippen MR) is 138 cm³/mol.